The summed E-state index contributed by atoms with van der Waals surface area (Å²) < 4.78 is 0. The van der Waals surface area contributed by atoms with Crippen LogP contribution in [0, 0.1) is 31.1 Å². The molecule has 0 aliphatic carbocycles. The van der Waals surface area contributed by atoms with Gasteiger partial charge in [0.25, 0.3) is 0 Å². The van der Waals surface area contributed by atoms with E-state index in [1.807, 2.05) is 62.4 Å². The van der Waals surface area contributed by atoms with Crippen LogP contribution >= 0.6 is 11.8 Å². The van der Waals surface area contributed by atoms with E-state index in [4.69, 9.17) is 0 Å². The number of carbonyl (C=O) groups is 1. The maximum absolute atomic E-state index is 12.8. The van der Waals surface area contributed by atoms with Crippen molar-refractivity contribution in [2.75, 3.05) is 0 Å². The number of thioether (sulfide) groups is 1. The second kappa shape index (κ2) is 9.76. The molecule has 0 saturated heterocycles. The fraction of sp³-hybridized carbons (Fsp3) is 0.174. The number of benzene rings is 2. The van der Waals surface area contributed by atoms with Crippen molar-refractivity contribution in [3.63, 3.8) is 0 Å². The van der Waals surface area contributed by atoms with Gasteiger partial charge in [0.05, 0.1) is 6.07 Å². The molecule has 1 unspecified atom stereocenters. The molecule has 0 aliphatic rings. The van der Waals surface area contributed by atoms with E-state index in [1.165, 1.54) is 11.1 Å². The van der Waals surface area contributed by atoms with Gasteiger partial charge in [0.1, 0.15) is 5.92 Å². The van der Waals surface area contributed by atoms with Gasteiger partial charge in [-0.25, -0.2) is 15.0 Å². The molecular formula is C23H20N4OS. The number of hydrogen-bond donors (Lipinski definition) is 0. The zero-order valence-electron chi connectivity index (χ0n) is 16.2. The smallest absolute Gasteiger partial charge is 0.249 e. The molecule has 0 N–H and O–H groups in total. The van der Waals surface area contributed by atoms with Crippen LogP contribution in [0.3, 0.4) is 0 Å². The summed E-state index contributed by atoms with van der Waals surface area (Å²) in [5.74, 6) is -0.278. The third kappa shape index (κ3) is 5.84. The molecule has 0 bridgehead atoms. The molecule has 0 saturated carbocycles. The lowest BCUT2D eigenvalue weighted by molar-refractivity contribution is 0.0976. The van der Waals surface area contributed by atoms with Crippen molar-refractivity contribution in [2.24, 2.45) is 10.9 Å². The van der Waals surface area contributed by atoms with Crippen LogP contribution in [-0.2, 0) is 5.75 Å². The van der Waals surface area contributed by atoms with Crippen LogP contribution in [0.4, 0.5) is 5.95 Å². The summed E-state index contributed by atoms with van der Waals surface area (Å²) in [6.07, 6.45) is 1.32. The average Bonchev–Trinajstić information content (AvgIpc) is 2.73. The number of ketones is 1. The Morgan fingerprint density at radius 1 is 1.10 bits per heavy atom. The lowest BCUT2D eigenvalue weighted by Gasteiger charge is -2.07. The number of aryl methyl sites for hydroxylation is 2. The van der Waals surface area contributed by atoms with Gasteiger partial charge in [-0.1, -0.05) is 36.4 Å². The van der Waals surface area contributed by atoms with Crippen LogP contribution in [0.15, 0.2) is 70.6 Å². The summed E-state index contributed by atoms with van der Waals surface area (Å²) in [5, 5.41) is 9.46. The normalized spacial score (nSPS) is 11.9. The van der Waals surface area contributed by atoms with E-state index in [2.05, 4.69) is 27.1 Å². The third-order valence-corrected chi connectivity index (χ3v) is 5.17. The fourth-order valence-electron chi connectivity index (χ4n) is 2.74. The SMILES string of the molecule is Cc1cc(C)nc(/N=C/C(C#N)C(=O)c2cccc(CSc3ccccc3)c2)n1. The molecule has 0 aliphatic heterocycles. The van der Waals surface area contributed by atoms with E-state index in [0.717, 1.165) is 22.7 Å². The highest BCUT2D eigenvalue weighted by atomic mass is 32.2. The van der Waals surface area contributed by atoms with Crippen molar-refractivity contribution < 1.29 is 4.79 Å². The monoisotopic (exact) mass is 400 g/mol. The maximum Gasteiger partial charge on any atom is 0.249 e. The van der Waals surface area contributed by atoms with E-state index in [1.54, 1.807) is 17.8 Å². The van der Waals surface area contributed by atoms with Crippen molar-refractivity contribution in [2.45, 2.75) is 24.5 Å². The Hall–Kier alpha value is -3.30. The molecule has 3 rings (SSSR count). The zero-order chi connectivity index (χ0) is 20.6. The Bertz CT molecular complexity index is 1050. The van der Waals surface area contributed by atoms with Gasteiger partial charge in [-0.2, -0.15) is 5.26 Å². The summed E-state index contributed by atoms with van der Waals surface area (Å²) in [6.45, 7) is 3.69. The molecular weight excluding hydrogens is 380 g/mol. The lowest BCUT2D eigenvalue weighted by atomic mass is 9.98. The standard InChI is InChI=1S/C23H20N4OS/c1-16-11-17(2)27-23(26-16)25-14-20(13-24)22(28)19-8-6-7-18(12-19)15-29-21-9-4-3-5-10-21/h3-12,14,20H,15H2,1-2H3/b25-14+. The largest absolute Gasteiger partial charge is 0.292 e. The number of rotatable bonds is 7. The summed E-state index contributed by atoms with van der Waals surface area (Å²) in [4.78, 5) is 26.5. The quantitative estimate of drug-likeness (QED) is 0.313. The molecule has 0 fully saturated rings. The Balaban J connectivity index is 1.72. The Kier molecular flexibility index (Phi) is 6.88. The minimum absolute atomic E-state index is 0.253. The molecule has 0 radical (unpaired) electrons. The fourth-order valence-corrected chi connectivity index (χ4v) is 3.61. The van der Waals surface area contributed by atoms with Gasteiger partial charge in [-0.05, 0) is 43.7 Å². The Morgan fingerprint density at radius 2 is 1.83 bits per heavy atom. The minimum atomic E-state index is -0.989. The van der Waals surface area contributed by atoms with Crippen LogP contribution in [-0.4, -0.2) is 22.0 Å². The number of aliphatic imine (C=N–C) groups is 1. The summed E-state index contributed by atoms with van der Waals surface area (Å²) in [5.41, 5.74) is 3.09. The predicted molar refractivity (Wildman–Crippen MR) is 116 cm³/mol. The molecule has 2 aromatic carbocycles. The molecule has 0 amide bonds. The average molecular weight is 401 g/mol. The first-order valence-corrected chi connectivity index (χ1v) is 10.1. The van der Waals surface area contributed by atoms with Crippen LogP contribution in [0.1, 0.15) is 27.3 Å². The van der Waals surface area contributed by atoms with E-state index < -0.39 is 5.92 Å². The number of aromatic nitrogens is 2. The molecule has 6 heteroatoms. The Morgan fingerprint density at radius 3 is 2.52 bits per heavy atom. The number of carbonyl (C=O) groups excluding carboxylic acids is 1. The second-order valence-corrected chi connectivity index (χ2v) is 7.55. The Labute approximate surface area is 174 Å². The third-order valence-electron chi connectivity index (χ3n) is 4.09. The summed E-state index contributed by atoms with van der Waals surface area (Å²) in [7, 11) is 0. The van der Waals surface area contributed by atoms with E-state index in [9.17, 15) is 10.1 Å². The molecule has 0 spiro atoms. The number of nitrogens with zero attached hydrogens (tertiary/aromatic N) is 4. The van der Waals surface area contributed by atoms with Crippen molar-refractivity contribution in [1.82, 2.24) is 9.97 Å². The first-order chi connectivity index (χ1) is 14.0. The highest BCUT2D eigenvalue weighted by Gasteiger charge is 2.18. The molecule has 1 atom stereocenters. The highest BCUT2D eigenvalue weighted by Crippen LogP contribution is 2.23. The van der Waals surface area contributed by atoms with Crippen LogP contribution in [0.2, 0.25) is 0 Å². The van der Waals surface area contributed by atoms with Crippen molar-refractivity contribution in [3.05, 3.63) is 83.2 Å². The molecule has 3 aromatic rings. The summed E-state index contributed by atoms with van der Waals surface area (Å²) >= 11 is 1.70. The van der Waals surface area contributed by atoms with E-state index in [-0.39, 0.29) is 11.7 Å². The molecule has 1 heterocycles. The van der Waals surface area contributed by atoms with Gasteiger partial charge < -0.3 is 0 Å². The molecule has 29 heavy (non-hydrogen) atoms. The number of hydrogen-bond acceptors (Lipinski definition) is 6. The van der Waals surface area contributed by atoms with Gasteiger partial charge in [0.15, 0.2) is 5.78 Å². The second-order valence-electron chi connectivity index (χ2n) is 6.50. The van der Waals surface area contributed by atoms with Crippen molar-refractivity contribution in [3.8, 4) is 6.07 Å². The molecule has 144 valence electrons. The topological polar surface area (TPSA) is 79.0 Å². The van der Waals surface area contributed by atoms with E-state index in [0.29, 0.717) is 5.56 Å². The minimum Gasteiger partial charge on any atom is -0.292 e. The van der Waals surface area contributed by atoms with Crippen molar-refractivity contribution in [1.29, 1.82) is 5.26 Å². The van der Waals surface area contributed by atoms with Gasteiger partial charge in [0, 0.05) is 33.8 Å². The van der Waals surface area contributed by atoms with Gasteiger partial charge in [0.2, 0.25) is 5.95 Å². The number of nitriles is 1. The van der Waals surface area contributed by atoms with Crippen LogP contribution in [0.5, 0.6) is 0 Å². The zero-order valence-corrected chi connectivity index (χ0v) is 17.1. The van der Waals surface area contributed by atoms with Crippen LogP contribution in [0.25, 0.3) is 0 Å². The van der Waals surface area contributed by atoms with E-state index >= 15 is 0 Å². The van der Waals surface area contributed by atoms with Crippen molar-refractivity contribution >= 4 is 29.7 Å². The lowest BCUT2D eigenvalue weighted by Crippen LogP contribution is -2.14. The van der Waals surface area contributed by atoms with Crippen LogP contribution < -0.4 is 0 Å². The molecule has 5 nitrogen and oxygen atoms in total. The van der Waals surface area contributed by atoms with Gasteiger partial charge in [-0.3, -0.25) is 4.79 Å². The first kappa shape index (κ1) is 20.4. The first-order valence-electron chi connectivity index (χ1n) is 9.12. The predicted octanol–water partition coefficient (Wildman–Crippen LogP) is 5.11. The van der Waals surface area contributed by atoms with Gasteiger partial charge >= 0.3 is 0 Å². The maximum atomic E-state index is 12.8. The number of Topliss-reactive ketones (excluding diaryl/α,β-unsaturated/α-hetero) is 1. The highest BCUT2D eigenvalue weighted by molar-refractivity contribution is 7.98. The molecule has 1 aromatic heterocycles. The van der Waals surface area contributed by atoms with Gasteiger partial charge in [-0.15, -0.1) is 11.8 Å². The summed E-state index contributed by atoms with van der Waals surface area (Å²) in [6, 6.07) is 21.3.